The van der Waals surface area contributed by atoms with Crippen molar-refractivity contribution < 1.29 is 36.8 Å². The third-order valence-electron chi connectivity index (χ3n) is 7.17. The molecule has 3 aromatic rings. The molecular weight excluding hydrogens is 569 g/mol. The zero-order valence-corrected chi connectivity index (χ0v) is 24.7. The quantitative estimate of drug-likeness (QED) is 0.353. The van der Waals surface area contributed by atoms with Crippen LogP contribution in [0.1, 0.15) is 35.7 Å². The third kappa shape index (κ3) is 6.40. The molecule has 0 spiro atoms. The van der Waals surface area contributed by atoms with Crippen molar-refractivity contribution in [2.24, 2.45) is 5.92 Å². The molecule has 0 radical (unpaired) electrons. The molecule has 12 nitrogen and oxygen atoms in total. The number of para-hydroxylation sites is 1. The zero-order valence-electron chi connectivity index (χ0n) is 23.9. The van der Waals surface area contributed by atoms with Gasteiger partial charge in [-0.3, -0.25) is 4.79 Å². The zero-order chi connectivity index (χ0) is 30.8. The van der Waals surface area contributed by atoms with E-state index >= 15 is 0 Å². The molecule has 14 heteroatoms. The van der Waals surface area contributed by atoms with Gasteiger partial charge in [0.25, 0.3) is 5.91 Å². The average molecular weight is 604 g/mol. The van der Waals surface area contributed by atoms with E-state index in [2.05, 4.69) is 15.8 Å². The number of urea groups is 1. The molecule has 1 aliphatic heterocycles. The number of nitrogens with zero attached hydrogens (tertiary/aromatic N) is 3. The molecule has 0 saturated heterocycles. The number of likely N-dealkylation sites (N-methyl/N-ethyl adjacent to an activating group) is 1. The number of anilines is 2. The number of nitrogens with one attached hydrogen (secondary N) is 2. The van der Waals surface area contributed by atoms with Crippen LogP contribution in [0.2, 0.25) is 0 Å². The summed E-state index contributed by atoms with van der Waals surface area (Å²) in [6, 6.07) is 7.99. The van der Waals surface area contributed by atoms with Crippen LogP contribution in [-0.4, -0.2) is 78.7 Å². The van der Waals surface area contributed by atoms with Crippen LogP contribution in [0.15, 0.2) is 51.9 Å². The van der Waals surface area contributed by atoms with Crippen LogP contribution in [-0.2, 0) is 10.0 Å². The number of sulfonamides is 1. The van der Waals surface area contributed by atoms with Gasteiger partial charge in [0.1, 0.15) is 23.3 Å². The van der Waals surface area contributed by atoms with Crippen LogP contribution in [0, 0.1) is 25.6 Å². The smallest absolute Gasteiger partial charge is 0.323 e. The average Bonchev–Trinajstić information content (AvgIpc) is 3.26. The summed E-state index contributed by atoms with van der Waals surface area (Å²) < 4.78 is 52.6. The number of rotatable bonds is 8. The number of halogens is 1. The Bertz CT molecular complexity index is 1540. The van der Waals surface area contributed by atoms with Crippen molar-refractivity contribution in [3.8, 4) is 5.75 Å². The lowest BCUT2D eigenvalue weighted by Crippen LogP contribution is -2.50. The van der Waals surface area contributed by atoms with E-state index in [1.165, 1.54) is 30.1 Å². The SMILES string of the molecule is Cc1noc(C)c1NC(=O)Nc1cccc2c1O[C@@H](CN(C)S(=O)(=O)c1ccc(F)cc1)[C@H](C)CN([C@@H](C)CO)C2=O. The lowest BCUT2D eigenvalue weighted by Gasteiger charge is -2.38. The van der Waals surface area contributed by atoms with Gasteiger partial charge in [0.05, 0.1) is 35.3 Å². The van der Waals surface area contributed by atoms with Gasteiger partial charge in [0.2, 0.25) is 10.0 Å². The minimum atomic E-state index is -4.02. The molecule has 4 rings (SSSR count). The first-order chi connectivity index (χ1) is 19.8. The lowest BCUT2D eigenvalue weighted by atomic mass is 9.99. The topological polar surface area (TPSA) is 154 Å². The minimum absolute atomic E-state index is 0.0516. The predicted molar refractivity (Wildman–Crippen MR) is 152 cm³/mol. The second kappa shape index (κ2) is 12.5. The number of hydrogen-bond donors (Lipinski definition) is 3. The molecule has 3 amide bonds. The first-order valence-electron chi connectivity index (χ1n) is 13.3. The van der Waals surface area contributed by atoms with E-state index in [0.717, 1.165) is 16.4 Å². The fraction of sp³-hybridized carbons (Fsp3) is 0.393. The Labute approximate surface area is 243 Å². The van der Waals surface area contributed by atoms with E-state index in [1.54, 1.807) is 39.8 Å². The number of ether oxygens (including phenoxy) is 1. The molecule has 3 N–H and O–H groups in total. The number of hydrogen-bond acceptors (Lipinski definition) is 8. The Balaban J connectivity index is 1.70. The number of carbonyl (C=O) groups is 2. The monoisotopic (exact) mass is 603 g/mol. The highest BCUT2D eigenvalue weighted by Gasteiger charge is 2.36. The molecule has 0 aliphatic carbocycles. The molecule has 0 fully saturated rings. The van der Waals surface area contributed by atoms with Crippen molar-refractivity contribution in [1.29, 1.82) is 0 Å². The number of aliphatic hydroxyl groups excluding tert-OH is 1. The Kier molecular flexibility index (Phi) is 9.18. The van der Waals surface area contributed by atoms with Crippen molar-refractivity contribution in [1.82, 2.24) is 14.4 Å². The summed E-state index contributed by atoms with van der Waals surface area (Å²) in [6.45, 7) is 6.56. The van der Waals surface area contributed by atoms with E-state index in [-0.39, 0.29) is 41.6 Å². The van der Waals surface area contributed by atoms with Crippen LogP contribution >= 0.6 is 0 Å². The maximum Gasteiger partial charge on any atom is 0.323 e. The second-order valence-electron chi connectivity index (χ2n) is 10.3. The number of carbonyl (C=O) groups excluding carboxylic acids is 2. The third-order valence-corrected chi connectivity index (χ3v) is 9.01. The van der Waals surface area contributed by atoms with Crippen LogP contribution < -0.4 is 15.4 Å². The van der Waals surface area contributed by atoms with E-state index in [0.29, 0.717) is 17.1 Å². The molecular formula is C28H34FN5O7S. The van der Waals surface area contributed by atoms with Crippen molar-refractivity contribution >= 4 is 33.3 Å². The lowest BCUT2D eigenvalue weighted by molar-refractivity contribution is 0.0389. The van der Waals surface area contributed by atoms with Gasteiger partial charge in [0.15, 0.2) is 11.5 Å². The summed E-state index contributed by atoms with van der Waals surface area (Å²) >= 11 is 0. The van der Waals surface area contributed by atoms with Gasteiger partial charge >= 0.3 is 6.03 Å². The Hall–Kier alpha value is -4.01. The Morgan fingerprint density at radius 2 is 1.90 bits per heavy atom. The summed E-state index contributed by atoms with van der Waals surface area (Å²) in [5.41, 5.74) is 1.17. The van der Waals surface area contributed by atoms with Crippen LogP contribution in [0.5, 0.6) is 5.75 Å². The molecule has 0 unspecified atom stereocenters. The first-order valence-corrected chi connectivity index (χ1v) is 14.7. The number of aryl methyl sites for hydroxylation is 2. The highest BCUT2D eigenvalue weighted by molar-refractivity contribution is 7.89. The summed E-state index contributed by atoms with van der Waals surface area (Å²) in [7, 11) is -2.63. The van der Waals surface area contributed by atoms with E-state index in [4.69, 9.17) is 9.26 Å². The molecule has 0 saturated carbocycles. The van der Waals surface area contributed by atoms with Crippen molar-refractivity contribution in [2.45, 2.75) is 44.7 Å². The summed E-state index contributed by atoms with van der Waals surface area (Å²) in [6.07, 6.45) is -0.793. The Morgan fingerprint density at radius 3 is 2.52 bits per heavy atom. The van der Waals surface area contributed by atoms with Gasteiger partial charge < -0.3 is 29.9 Å². The highest BCUT2D eigenvalue weighted by Crippen LogP contribution is 2.35. The highest BCUT2D eigenvalue weighted by atomic mass is 32.2. The number of fused-ring (bicyclic) bond motifs is 1. The van der Waals surface area contributed by atoms with Gasteiger partial charge in [-0.15, -0.1) is 0 Å². The molecule has 2 aromatic carbocycles. The van der Waals surface area contributed by atoms with Gasteiger partial charge in [-0.2, -0.15) is 4.31 Å². The fourth-order valence-corrected chi connectivity index (χ4v) is 5.81. The largest absolute Gasteiger partial charge is 0.486 e. The normalized spacial score (nSPS) is 18.1. The molecule has 1 aromatic heterocycles. The van der Waals surface area contributed by atoms with Crippen LogP contribution in [0.4, 0.5) is 20.6 Å². The molecule has 1 aliphatic rings. The maximum atomic E-state index is 13.7. The molecule has 3 atom stereocenters. The number of amides is 3. The van der Waals surface area contributed by atoms with Crippen LogP contribution in [0.25, 0.3) is 0 Å². The fourth-order valence-electron chi connectivity index (χ4n) is 4.63. The van der Waals surface area contributed by atoms with E-state index < -0.39 is 45.8 Å². The second-order valence-corrected chi connectivity index (χ2v) is 12.4. The van der Waals surface area contributed by atoms with Crippen molar-refractivity contribution in [2.75, 3.05) is 37.4 Å². The van der Waals surface area contributed by atoms with Gasteiger partial charge in [-0.25, -0.2) is 17.6 Å². The number of aliphatic hydroxyl groups is 1. The summed E-state index contributed by atoms with van der Waals surface area (Å²) in [5.74, 6) is -0.933. The molecule has 226 valence electrons. The standard InChI is InChI=1S/C28H34FN5O7S/c1-16-13-34(17(2)15-35)27(36)22-7-6-8-23(30-28(37)31-25-18(3)32-41-19(25)4)26(22)40-24(16)14-33(5)42(38,39)21-11-9-20(29)10-12-21/h6-12,16-17,24,35H,13-15H2,1-5H3,(H2,30,31,37)/t16-,17+,24+/m1/s1. The maximum absolute atomic E-state index is 13.7. The number of aromatic nitrogens is 1. The minimum Gasteiger partial charge on any atom is -0.486 e. The first kappa shape index (κ1) is 30.9. The van der Waals surface area contributed by atoms with E-state index in [1.807, 2.05) is 0 Å². The molecule has 2 heterocycles. The van der Waals surface area contributed by atoms with Crippen molar-refractivity contribution in [3.63, 3.8) is 0 Å². The predicted octanol–water partition coefficient (Wildman–Crippen LogP) is 3.62. The van der Waals surface area contributed by atoms with Crippen molar-refractivity contribution in [3.05, 3.63) is 65.3 Å². The van der Waals surface area contributed by atoms with Gasteiger partial charge in [-0.1, -0.05) is 18.1 Å². The van der Waals surface area contributed by atoms with E-state index in [9.17, 15) is 27.5 Å². The summed E-state index contributed by atoms with van der Waals surface area (Å²) in [5, 5.41) is 19.1. The Morgan fingerprint density at radius 1 is 1.21 bits per heavy atom. The van der Waals surface area contributed by atoms with Crippen LogP contribution in [0.3, 0.4) is 0 Å². The number of benzene rings is 2. The van der Waals surface area contributed by atoms with Gasteiger partial charge in [-0.05, 0) is 57.2 Å². The van der Waals surface area contributed by atoms with Gasteiger partial charge in [0, 0.05) is 19.5 Å². The molecule has 42 heavy (non-hydrogen) atoms. The summed E-state index contributed by atoms with van der Waals surface area (Å²) in [4.78, 5) is 28.1. The molecule has 0 bridgehead atoms.